The van der Waals surface area contributed by atoms with E-state index >= 15 is 0 Å². The second-order valence-electron chi connectivity index (χ2n) is 4.13. The highest BCUT2D eigenvalue weighted by molar-refractivity contribution is 5.25. The lowest BCUT2D eigenvalue weighted by Crippen LogP contribution is -2.31. The van der Waals surface area contributed by atoms with Gasteiger partial charge >= 0.3 is 0 Å². The van der Waals surface area contributed by atoms with Crippen LogP contribution in [-0.2, 0) is 10.3 Å². The number of halogens is 1. The molecule has 1 unspecified atom stereocenters. The third kappa shape index (κ3) is 2.31. The van der Waals surface area contributed by atoms with E-state index in [0.29, 0.717) is 24.5 Å². The van der Waals surface area contributed by atoms with Crippen LogP contribution in [0.1, 0.15) is 31.9 Å². The average molecular weight is 237 g/mol. The summed E-state index contributed by atoms with van der Waals surface area (Å²) in [5, 5.41) is 10.6. The lowest BCUT2D eigenvalue weighted by atomic mass is 9.91. The summed E-state index contributed by atoms with van der Waals surface area (Å²) < 4.78 is 18.3. The third-order valence-electron chi connectivity index (χ3n) is 3.01. The van der Waals surface area contributed by atoms with Crippen molar-refractivity contribution in [2.75, 3.05) is 6.61 Å². The van der Waals surface area contributed by atoms with Crippen LogP contribution in [0.4, 0.5) is 4.39 Å². The predicted molar refractivity (Wildman–Crippen MR) is 61.7 cm³/mol. The molecule has 1 aliphatic rings. The Morgan fingerprint density at radius 3 is 2.88 bits per heavy atom. The Morgan fingerprint density at radius 1 is 1.53 bits per heavy atom. The van der Waals surface area contributed by atoms with Crippen LogP contribution < -0.4 is 0 Å². The van der Waals surface area contributed by atoms with E-state index in [1.165, 1.54) is 12.1 Å². The van der Waals surface area contributed by atoms with E-state index in [2.05, 4.69) is 4.98 Å². The molecule has 0 aliphatic carbocycles. The second kappa shape index (κ2) is 4.84. The predicted octanol–water partition coefficient (Wildman–Crippen LogP) is 2.51. The highest BCUT2D eigenvalue weighted by Crippen LogP contribution is 2.34. The topological polar surface area (TPSA) is 42.4 Å². The molecule has 1 aromatic heterocycles. The fourth-order valence-electron chi connectivity index (χ4n) is 1.95. The molecule has 0 amide bonds. The molecule has 1 aromatic rings. The number of ether oxygens (including phenoxy) is 1. The minimum atomic E-state index is -1.24. The Balaban J connectivity index is 2.36. The van der Waals surface area contributed by atoms with E-state index in [1.54, 1.807) is 0 Å². The highest BCUT2D eigenvalue weighted by Gasteiger charge is 2.35. The van der Waals surface area contributed by atoms with E-state index in [0.717, 1.165) is 19.0 Å². The summed E-state index contributed by atoms with van der Waals surface area (Å²) in [5.74, 6) is 0.121. The largest absolute Gasteiger partial charge is 0.495 e. The van der Waals surface area contributed by atoms with Crippen LogP contribution in [0.3, 0.4) is 0 Å². The van der Waals surface area contributed by atoms with Crippen molar-refractivity contribution in [1.82, 2.24) is 4.98 Å². The molecule has 0 saturated carbocycles. The smallest absolute Gasteiger partial charge is 0.162 e. The molecule has 2 heterocycles. The zero-order valence-electron chi connectivity index (χ0n) is 9.82. The lowest BCUT2D eigenvalue weighted by molar-refractivity contribution is -0.00586. The highest BCUT2D eigenvalue weighted by atomic mass is 19.1. The van der Waals surface area contributed by atoms with Crippen molar-refractivity contribution in [2.45, 2.75) is 31.8 Å². The van der Waals surface area contributed by atoms with E-state index in [1.807, 2.05) is 13.0 Å². The van der Waals surface area contributed by atoms with Crippen LogP contribution in [0.5, 0.6) is 0 Å². The van der Waals surface area contributed by atoms with Crippen LogP contribution in [0.25, 0.3) is 0 Å². The van der Waals surface area contributed by atoms with Crippen molar-refractivity contribution in [2.24, 2.45) is 0 Å². The van der Waals surface area contributed by atoms with Crippen LogP contribution in [0.2, 0.25) is 0 Å². The number of rotatable bonds is 3. The Bertz CT molecular complexity index is 416. The van der Waals surface area contributed by atoms with Crippen molar-refractivity contribution >= 4 is 0 Å². The molecule has 0 spiro atoms. The number of aliphatic hydroxyl groups is 1. The summed E-state index contributed by atoms with van der Waals surface area (Å²) in [4.78, 5) is 3.95. The summed E-state index contributed by atoms with van der Waals surface area (Å²) in [6.07, 6.45) is 5.29. The molecule has 4 heteroatoms. The van der Waals surface area contributed by atoms with Gasteiger partial charge in [0.2, 0.25) is 0 Å². The molecule has 2 rings (SSSR count). The van der Waals surface area contributed by atoms with E-state index < -0.39 is 11.4 Å². The number of hydrogen-bond donors (Lipinski definition) is 1. The molecule has 0 fully saturated rings. The number of pyridine rings is 1. The van der Waals surface area contributed by atoms with E-state index in [4.69, 9.17) is 4.74 Å². The van der Waals surface area contributed by atoms with Crippen LogP contribution in [0.15, 0.2) is 30.2 Å². The third-order valence-corrected chi connectivity index (χ3v) is 3.01. The summed E-state index contributed by atoms with van der Waals surface area (Å²) in [6, 6.07) is 2.80. The molecule has 0 saturated heterocycles. The second-order valence-corrected chi connectivity index (χ2v) is 4.13. The Morgan fingerprint density at radius 2 is 2.35 bits per heavy atom. The average Bonchev–Trinajstić information content (AvgIpc) is 2.40. The van der Waals surface area contributed by atoms with Crippen molar-refractivity contribution in [1.29, 1.82) is 0 Å². The summed E-state index contributed by atoms with van der Waals surface area (Å²) in [5.41, 5.74) is -0.816. The van der Waals surface area contributed by atoms with E-state index in [9.17, 15) is 9.50 Å². The number of allylic oxidation sites excluding steroid dienone is 1. The van der Waals surface area contributed by atoms with Gasteiger partial charge in [-0.05, 0) is 37.5 Å². The first kappa shape index (κ1) is 12.0. The maximum Gasteiger partial charge on any atom is 0.162 e. The minimum Gasteiger partial charge on any atom is -0.495 e. The zero-order chi connectivity index (χ0) is 12.3. The molecule has 0 aromatic carbocycles. The molecular formula is C13H16FNO2. The van der Waals surface area contributed by atoms with Crippen LogP contribution >= 0.6 is 0 Å². The van der Waals surface area contributed by atoms with Gasteiger partial charge in [-0.25, -0.2) is 4.39 Å². The molecule has 17 heavy (non-hydrogen) atoms. The first-order valence-electron chi connectivity index (χ1n) is 5.84. The van der Waals surface area contributed by atoms with Gasteiger partial charge in [0.1, 0.15) is 11.6 Å². The first-order valence-corrected chi connectivity index (χ1v) is 5.84. The van der Waals surface area contributed by atoms with Gasteiger partial charge in [0.25, 0.3) is 0 Å². The molecule has 1 atom stereocenters. The van der Waals surface area contributed by atoms with Gasteiger partial charge in [0, 0.05) is 0 Å². The lowest BCUT2D eigenvalue weighted by Gasteiger charge is -2.30. The van der Waals surface area contributed by atoms with Crippen molar-refractivity contribution in [3.8, 4) is 0 Å². The molecular weight excluding hydrogens is 221 g/mol. The molecule has 1 aliphatic heterocycles. The standard InChI is InChI=1S/C13H16FNO2/c1-2-13(16,12-5-3-4-8-17-12)11-7-6-10(14)9-15-11/h5-7,9,16H,2-4,8H2,1H3. The van der Waals surface area contributed by atoms with Gasteiger partial charge in [-0.3, -0.25) is 4.98 Å². The maximum absolute atomic E-state index is 12.8. The Labute approximate surface area is 99.9 Å². The first-order chi connectivity index (χ1) is 8.16. The zero-order valence-corrected chi connectivity index (χ0v) is 9.82. The summed E-state index contributed by atoms with van der Waals surface area (Å²) in [7, 11) is 0. The van der Waals surface area contributed by atoms with Gasteiger partial charge in [0.15, 0.2) is 5.60 Å². The number of nitrogens with zero attached hydrogens (tertiary/aromatic N) is 1. The fraction of sp³-hybridized carbons (Fsp3) is 0.462. The summed E-state index contributed by atoms with van der Waals surface area (Å²) in [6.45, 7) is 2.46. The minimum absolute atomic E-state index is 0.411. The molecule has 0 radical (unpaired) electrons. The van der Waals surface area contributed by atoms with Crippen molar-refractivity contribution in [3.63, 3.8) is 0 Å². The SMILES string of the molecule is CCC(O)(C1=CCCCO1)c1ccc(F)cn1. The number of hydrogen-bond acceptors (Lipinski definition) is 3. The molecule has 92 valence electrons. The Kier molecular flexibility index (Phi) is 3.43. The van der Waals surface area contributed by atoms with Gasteiger partial charge < -0.3 is 9.84 Å². The number of aromatic nitrogens is 1. The summed E-state index contributed by atoms with van der Waals surface area (Å²) >= 11 is 0. The maximum atomic E-state index is 12.8. The molecule has 0 bridgehead atoms. The van der Waals surface area contributed by atoms with Gasteiger partial charge in [-0.2, -0.15) is 0 Å². The van der Waals surface area contributed by atoms with Crippen LogP contribution in [0, 0.1) is 5.82 Å². The molecule has 1 N–H and O–H groups in total. The normalized spacial score (nSPS) is 19.1. The van der Waals surface area contributed by atoms with Gasteiger partial charge in [-0.15, -0.1) is 0 Å². The van der Waals surface area contributed by atoms with Crippen molar-refractivity contribution < 1.29 is 14.2 Å². The van der Waals surface area contributed by atoms with Gasteiger partial charge in [-0.1, -0.05) is 6.92 Å². The monoisotopic (exact) mass is 237 g/mol. The fourth-order valence-corrected chi connectivity index (χ4v) is 1.95. The Hall–Kier alpha value is -1.42. The van der Waals surface area contributed by atoms with Crippen LogP contribution in [-0.4, -0.2) is 16.7 Å². The van der Waals surface area contributed by atoms with Gasteiger partial charge in [0.05, 0.1) is 18.5 Å². The van der Waals surface area contributed by atoms with Crippen molar-refractivity contribution in [3.05, 3.63) is 41.7 Å². The quantitative estimate of drug-likeness (QED) is 0.878. The van der Waals surface area contributed by atoms with E-state index in [-0.39, 0.29) is 0 Å². The molecule has 3 nitrogen and oxygen atoms in total.